The first-order chi connectivity index (χ1) is 12.7. The first-order valence-electron chi connectivity index (χ1n) is 9.27. The molecule has 2 aliphatic rings. The number of carbonyl (C=O) groups excluding carboxylic acids is 2. The number of ether oxygens (including phenoxy) is 2. The summed E-state index contributed by atoms with van der Waals surface area (Å²) in [5.74, 6) is 0.866. The number of amides is 2. The Balaban J connectivity index is 1.47. The summed E-state index contributed by atoms with van der Waals surface area (Å²) < 4.78 is 10.9. The predicted octanol–water partition coefficient (Wildman–Crippen LogP) is 1.95. The molecule has 0 bridgehead atoms. The molecule has 0 spiro atoms. The monoisotopic (exact) mass is 358 g/mol. The molecule has 0 radical (unpaired) electrons. The Labute approximate surface area is 154 Å². The van der Waals surface area contributed by atoms with Crippen molar-refractivity contribution in [2.75, 3.05) is 39.4 Å². The van der Waals surface area contributed by atoms with Gasteiger partial charge in [-0.25, -0.2) is 0 Å². The van der Waals surface area contributed by atoms with E-state index >= 15 is 0 Å². The molecule has 2 aliphatic heterocycles. The standard InChI is InChI=1S/C20H26N2O4/c1-2-25-17-8-5-16(6-9-17)7-10-19(23)21-11-13-22(14-12-21)20(24)18-4-3-15-26-18/h5-10,18H,2-4,11-15H2,1H3. The second kappa shape index (κ2) is 8.85. The van der Waals surface area contributed by atoms with E-state index in [1.165, 1.54) is 0 Å². The third-order valence-electron chi connectivity index (χ3n) is 4.72. The predicted molar refractivity (Wildman–Crippen MR) is 98.8 cm³/mol. The lowest BCUT2D eigenvalue weighted by Gasteiger charge is -2.35. The molecule has 1 atom stereocenters. The molecular formula is C20H26N2O4. The van der Waals surface area contributed by atoms with Crippen LogP contribution in [0.5, 0.6) is 5.75 Å². The Morgan fingerprint density at radius 2 is 1.85 bits per heavy atom. The van der Waals surface area contributed by atoms with Crippen molar-refractivity contribution >= 4 is 17.9 Å². The van der Waals surface area contributed by atoms with Crippen LogP contribution in [-0.2, 0) is 14.3 Å². The van der Waals surface area contributed by atoms with Crippen molar-refractivity contribution < 1.29 is 19.1 Å². The number of hydrogen-bond donors (Lipinski definition) is 0. The van der Waals surface area contributed by atoms with Gasteiger partial charge in [-0.1, -0.05) is 12.1 Å². The average molecular weight is 358 g/mol. The Kier molecular flexibility index (Phi) is 6.28. The highest BCUT2D eigenvalue weighted by molar-refractivity contribution is 5.92. The molecule has 1 aromatic carbocycles. The molecule has 6 nitrogen and oxygen atoms in total. The SMILES string of the molecule is CCOc1ccc(C=CC(=O)N2CCN(C(=O)C3CCCO3)CC2)cc1. The van der Waals surface area contributed by atoms with E-state index in [2.05, 4.69) is 0 Å². The van der Waals surface area contributed by atoms with Crippen molar-refractivity contribution in [3.63, 3.8) is 0 Å². The summed E-state index contributed by atoms with van der Waals surface area (Å²) in [4.78, 5) is 28.3. The van der Waals surface area contributed by atoms with Crippen LogP contribution in [0.3, 0.4) is 0 Å². The highest BCUT2D eigenvalue weighted by Gasteiger charge is 2.30. The molecule has 0 aliphatic carbocycles. The van der Waals surface area contributed by atoms with E-state index in [0.717, 1.165) is 24.2 Å². The molecule has 2 amide bonds. The molecule has 140 valence electrons. The molecule has 2 saturated heterocycles. The van der Waals surface area contributed by atoms with Crippen molar-refractivity contribution in [2.45, 2.75) is 25.9 Å². The molecule has 1 aromatic rings. The van der Waals surface area contributed by atoms with Gasteiger partial charge in [-0.15, -0.1) is 0 Å². The fourth-order valence-corrected chi connectivity index (χ4v) is 3.24. The van der Waals surface area contributed by atoms with Crippen LogP contribution in [0.15, 0.2) is 30.3 Å². The summed E-state index contributed by atoms with van der Waals surface area (Å²) in [7, 11) is 0. The maximum Gasteiger partial charge on any atom is 0.251 e. The Hall–Kier alpha value is -2.34. The van der Waals surface area contributed by atoms with Gasteiger partial charge in [0.15, 0.2) is 0 Å². The van der Waals surface area contributed by atoms with Crippen molar-refractivity contribution in [1.82, 2.24) is 9.80 Å². The molecule has 2 fully saturated rings. The van der Waals surface area contributed by atoms with Gasteiger partial charge in [0.25, 0.3) is 5.91 Å². The van der Waals surface area contributed by atoms with Crippen LogP contribution in [0, 0.1) is 0 Å². The van der Waals surface area contributed by atoms with Gasteiger partial charge in [-0.05, 0) is 43.5 Å². The third-order valence-corrected chi connectivity index (χ3v) is 4.72. The van der Waals surface area contributed by atoms with Gasteiger partial charge in [0, 0.05) is 38.9 Å². The lowest BCUT2D eigenvalue weighted by atomic mass is 10.2. The summed E-state index contributed by atoms with van der Waals surface area (Å²) in [6, 6.07) is 7.63. The fraction of sp³-hybridized carbons (Fsp3) is 0.500. The summed E-state index contributed by atoms with van der Waals surface area (Å²) >= 11 is 0. The zero-order valence-electron chi connectivity index (χ0n) is 15.2. The van der Waals surface area contributed by atoms with Crippen LogP contribution in [0.4, 0.5) is 0 Å². The van der Waals surface area contributed by atoms with Crippen LogP contribution < -0.4 is 4.74 Å². The van der Waals surface area contributed by atoms with Crippen LogP contribution in [0.2, 0.25) is 0 Å². The summed E-state index contributed by atoms with van der Waals surface area (Å²) in [6.07, 6.45) is 4.88. The highest BCUT2D eigenvalue weighted by atomic mass is 16.5. The number of hydrogen-bond acceptors (Lipinski definition) is 4. The van der Waals surface area contributed by atoms with Crippen LogP contribution in [0.25, 0.3) is 6.08 Å². The highest BCUT2D eigenvalue weighted by Crippen LogP contribution is 2.16. The Bertz CT molecular complexity index is 642. The lowest BCUT2D eigenvalue weighted by Crippen LogP contribution is -2.52. The maximum atomic E-state index is 12.4. The number of piperazine rings is 1. The van der Waals surface area contributed by atoms with Gasteiger partial charge < -0.3 is 19.3 Å². The molecule has 0 N–H and O–H groups in total. The van der Waals surface area contributed by atoms with E-state index in [1.807, 2.05) is 42.2 Å². The topological polar surface area (TPSA) is 59.1 Å². The van der Waals surface area contributed by atoms with Crippen LogP contribution in [0.1, 0.15) is 25.3 Å². The smallest absolute Gasteiger partial charge is 0.251 e. The minimum atomic E-state index is -0.281. The van der Waals surface area contributed by atoms with E-state index in [1.54, 1.807) is 11.0 Å². The van der Waals surface area contributed by atoms with Crippen molar-refractivity contribution in [1.29, 1.82) is 0 Å². The van der Waals surface area contributed by atoms with Crippen molar-refractivity contribution in [3.05, 3.63) is 35.9 Å². The minimum absolute atomic E-state index is 0.0249. The van der Waals surface area contributed by atoms with Gasteiger partial charge in [-0.2, -0.15) is 0 Å². The first kappa shape index (κ1) is 18.5. The van der Waals surface area contributed by atoms with Crippen LogP contribution >= 0.6 is 0 Å². The molecule has 0 aromatic heterocycles. The molecule has 2 heterocycles. The fourth-order valence-electron chi connectivity index (χ4n) is 3.24. The second-order valence-corrected chi connectivity index (χ2v) is 6.49. The molecule has 6 heteroatoms. The van der Waals surface area contributed by atoms with Gasteiger partial charge in [0.05, 0.1) is 6.61 Å². The van der Waals surface area contributed by atoms with Gasteiger partial charge >= 0.3 is 0 Å². The molecule has 26 heavy (non-hydrogen) atoms. The number of rotatable bonds is 5. The first-order valence-corrected chi connectivity index (χ1v) is 9.27. The third kappa shape index (κ3) is 4.64. The number of nitrogens with zero attached hydrogens (tertiary/aromatic N) is 2. The normalized spacial score (nSPS) is 20.6. The number of carbonyl (C=O) groups is 2. The minimum Gasteiger partial charge on any atom is -0.494 e. The molecular weight excluding hydrogens is 332 g/mol. The van der Waals surface area contributed by atoms with Gasteiger partial charge in [0.2, 0.25) is 5.91 Å². The van der Waals surface area contributed by atoms with E-state index in [-0.39, 0.29) is 17.9 Å². The van der Waals surface area contributed by atoms with E-state index in [9.17, 15) is 9.59 Å². The summed E-state index contributed by atoms with van der Waals surface area (Å²) in [5, 5.41) is 0. The van der Waals surface area contributed by atoms with Crippen molar-refractivity contribution in [2.24, 2.45) is 0 Å². The molecule has 3 rings (SSSR count). The van der Waals surface area contributed by atoms with Crippen molar-refractivity contribution in [3.8, 4) is 5.75 Å². The zero-order valence-corrected chi connectivity index (χ0v) is 15.2. The molecule has 1 unspecified atom stereocenters. The van der Waals surface area contributed by atoms with E-state index in [0.29, 0.717) is 39.4 Å². The summed E-state index contributed by atoms with van der Waals surface area (Å²) in [5.41, 5.74) is 0.953. The van der Waals surface area contributed by atoms with E-state index in [4.69, 9.17) is 9.47 Å². The maximum absolute atomic E-state index is 12.4. The van der Waals surface area contributed by atoms with E-state index < -0.39 is 0 Å². The van der Waals surface area contributed by atoms with Gasteiger partial charge in [-0.3, -0.25) is 9.59 Å². The second-order valence-electron chi connectivity index (χ2n) is 6.49. The Morgan fingerprint density at radius 3 is 2.46 bits per heavy atom. The summed E-state index contributed by atoms with van der Waals surface area (Å²) in [6.45, 7) is 5.51. The van der Waals surface area contributed by atoms with Crippen LogP contribution in [-0.4, -0.2) is 67.1 Å². The molecule has 0 saturated carbocycles. The largest absolute Gasteiger partial charge is 0.494 e. The number of benzene rings is 1. The lowest BCUT2D eigenvalue weighted by molar-refractivity contribution is -0.144. The zero-order chi connectivity index (χ0) is 18.4. The average Bonchev–Trinajstić information content (AvgIpc) is 3.22. The van der Waals surface area contributed by atoms with Gasteiger partial charge in [0.1, 0.15) is 11.9 Å². The quantitative estimate of drug-likeness (QED) is 0.755. The Morgan fingerprint density at radius 1 is 1.15 bits per heavy atom.